The van der Waals surface area contributed by atoms with E-state index in [9.17, 15) is 14.7 Å². The van der Waals surface area contributed by atoms with Gasteiger partial charge in [0.2, 0.25) is 0 Å². The van der Waals surface area contributed by atoms with Crippen molar-refractivity contribution in [1.29, 1.82) is 0 Å². The van der Waals surface area contributed by atoms with E-state index in [2.05, 4.69) is 5.32 Å². The molecule has 0 spiro atoms. The molecule has 1 fully saturated rings. The van der Waals surface area contributed by atoms with Crippen LogP contribution in [-0.4, -0.2) is 49.1 Å². The van der Waals surface area contributed by atoms with Crippen molar-refractivity contribution in [2.24, 2.45) is 5.92 Å². The van der Waals surface area contributed by atoms with E-state index >= 15 is 0 Å². The van der Waals surface area contributed by atoms with Crippen molar-refractivity contribution in [3.05, 3.63) is 59.7 Å². The number of anilines is 1. The molecule has 2 aromatic carbocycles. The first-order valence-electron chi connectivity index (χ1n) is 11.7. The number of nitrogens with zero attached hydrogens (tertiary/aromatic N) is 1. The van der Waals surface area contributed by atoms with Gasteiger partial charge in [-0.25, -0.2) is 0 Å². The summed E-state index contributed by atoms with van der Waals surface area (Å²) in [5, 5.41) is 12.8. The third-order valence-corrected chi connectivity index (χ3v) is 6.59. The molecule has 0 saturated carbocycles. The molecule has 0 radical (unpaired) electrons. The zero-order chi connectivity index (χ0) is 22.3. The van der Waals surface area contributed by atoms with Crippen molar-refractivity contribution in [3.63, 3.8) is 0 Å². The molecule has 0 aromatic heterocycles. The van der Waals surface area contributed by atoms with Crippen LogP contribution in [0.4, 0.5) is 5.69 Å². The molecule has 0 amide bonds. The highest BCUT2D eigenvalue weighted by Crippen LogP contribution is 2.30. The van der Waals surface area contributed by atoms with E-state index in [0.717, 1.165) is 48.8 Å². The van der Waals surface area contributed by atoms with Crippen molar-refractivity contribution in [2.75, 3.05) is 31.1 Å². The normalized spacial score (nSPS) is 18.8. The summed E-state index contributed by atoms with van der Waals surface area (Å²) in [5.74, 6) is 0.650. The maximum atomic E-state index is 13.3. The Labute approximate surface area is 189 Å². The zero-order valence-corrected chi connectivity index (χ0v) is 18.5. The van der Waals surface area contributed by atoms with E-state index in [0.29, 0.717) is 18.6 Å². The molecule has 32 heavy (non-hydrogen) atoms. The highest BCUT2D eigenvalue weighted by atomic mass is 16.5. The van der Waals surface area contributed by atoms with E-state index in [1.54, 1.807) is 4.90 Å². The Hall–Kier alpha value is -2.86. The fourth-order valence-electron chi connectivity index (χ4n) is 4.89. The molecular formula is C26H32N2O4. The van der Waals surface area contributed by atoms with Crippen LogP contribution in [-0.2, 0) is 11.2 Å². The lowest BCUT2D eigenvalue weighted by Crippen LogP contribution is -2.46. The first-order chi connectivity index (χ1) is 15.6. The number of benzene rings is 2. The van der Waals surface area contributed by atoms with Gasteiger partial charge in [-0.2, -0.15) is 0 Å². The molecule has 2 N–H and O–H groups in total. The molecule has 6 nitrogen and oxygen atoms in total. The number of carbonyl (C=O) groups is 2. The van der Waals surface area contributed by atoms with Gasteiger partial charge in [-0.05, 0) is 93.4 Å². The molecule has 1 atom stereocenters. The van der Waals surface area contributed by atoms with Gasteiger partial charge in [0.15, 0.2) is 5.78 Å². The molecule has 1 aliphatic heterocycles. The first-order valence-corrected chi connectivity index (χ1v) is 11.7. The number of aliphatic carboxylic acids is 1. The smallest absolute Gasteiger partial charge is 0.323 e. The highest BCUT2D eigenvalue weighted by molar-refractivity contribution is 6.04. The summed E-state index contributed by atoms with van der Waals surface area (Å²) in [7, 11) is 0. The molecule has 4 rings (SSSR count). The Morgan fingerprint density at radius 1 is 1.09 bits per heavy atom. The van der Waals surface area contributed by atoms with Crippen molar-refractivity contribution >= 4 is 17.4 Å². The fraction of sp³-hybridized carbons (Fsp3) is 0.462. The van der Waals surface area contributed by atoms with Crippen LogP contribution >= 0.6 is 0 Å². The van der Waals surface area contributed by atoms with Crippen LogP contribution in [0.3, 0.4) is 0 Å². The predicted molar refractivity (Wildman–Crippen MR) is 125 cm³/mol. The molecule has 2 aliphatic rings. The first kappa shape index (κ1) is 22.3. The highest BCUT2D eigenvalue weighted by Gasteiger charge is 2.33. The molecule has 1 aliphatic carbocycles. The van der Waals surface area contributed by atoms with Gasteiger partial charge < -0.3 is 20.1 Å². The van der Waals surface area contributed by atoms with E-state index in [-0.39, 0.29) is 12.3 Å². The van der Waals surface area contributed by atoms with Gasteiger partial charge in [-0.3, -0.25) is 9.59 Å². The van der Waals surface area contributed by atoms with Crippen molar-refractivity contribution in [2.45, 2.75) is 44.6 Å². The number of fused-ring (bicyclic) bond motifs is 1. The molecule has 1 saturated heterocycles. The second kappa shape index (κ2) is 10.6. The van der Waals surface area contributed by atoms with E-state index in [1.165, 1.54) is 19.3 Å². The molecule has 1 heterocycles. The maximum absolute atomic E-state index is 13.3. The van der Waals surface area contributed by atoms with Crippen LogP contribution in [0.25, 0.3) is 0 Å². The summed E-state index contributed by atoms with van der Waals surface area (Å²) in [6.45, 7) is 2.74. The number of aryl methyl sites for hydroxylation is 1. The van der Waals surface area contributed by atoms with Crippen LogP contribution in [0.1, 0.15) is 48.0 Å². The van der Waals surface area contributed by atoms with E-state index in [4.69, 9.17) is 4.74 Å². The van der Waals surface area contributed by atoms with E-state index in [1.807, 2.05) is 48.5 Å². The molecular weight excluding hydrogens is 404 g/mol. The number of hydrogen-bond acceptors (Lipinski definition) is 5. The predicted octanol–water partition coefficient (Wildman–Crippen LogP) is 3.93. The lowest BCUT2D eigenvalue weighted by Gasteiger charge is -2.34. The Kier molecular flexibility index (Phi) is 7.43. The van der Waals surface area contributed by atoms with Gasteiger partial charge in [0.1, 0.15) is 12.3 Å². The standard InChI is InChI=1S/C26H32N2O4/c29-25(30)18-28(21-6-2-1-3-7-21)24-11-8-20-17-22(9-10-23(20)26(24)31)32-16-4-5-19-12-14-27-15-13-19/h1-3,6-7,9-10,17,19,24,27H,4-5,8,11-16,18H2,(H,29,30). The minimum atomic E-state index is -0.944. The second-order valence-electron chi connectivity index (χ2n) is 8.78. The monoisotopic (exact) mass is 436 g/mol. The molecule has 1 unspecified atom stereocenters. The van der Waals surface area contributed by atoms with E-state index < -0.39 is 12.0 Å². The second-order valence-corrected chi connectivity index (χ2v) is 8.78. The van der Waals surface area contributed by atoms with Crippen molar-refractivity contribution in [1.82, 2.24) is 5.32 Å². The number of piperidine rings is 1. The van der Waals surface area contributed by atoms with Gasteiger partial charge in [-0.1, -0.05) is 18.2 Å². The summed E-state index contributed by atoms with van der Waals surface area (Å²) in [5.41, 5.74) is 2.42. The molecule has 170 valence electrons. The number of carboxylic acids is 1. The van der Waals surface area contributed by atoms with Crippen molar-refractivity contribution < 1.29 is 19.4 Å². The third kappa shape index (κ3) is 5.49. The summed E-state index contributed by atoms with van der Waals surface area (Å²) in [4.78, 5) is 26.5. The largest absolute Gasteiger partial charge is 0.494 e. The topological polar surface area (TPSA) is 78.9 Å². The zero-order valence-electron chi connectivity index (χ0n) is 18.5. The molecule has 2 aromatic rings. The SMILES string of the molecule is O=C(O)CN(c1ccccc1)C1CCc2cc(OCCCC3CCNCC3)ccc2C1=O. The quantitative estimate of drug-likeness (QED) is 0.580. The Balaban J connectivity index is 1.39. The number of ketones is 1. The van der Waals surface area contributed by atoms with Gasteiger partial charge in [0, 0.05) is 11.3 Å². The van der Waals surface area contributed by atoms with Crippen LogP contribution < -0.4 is 15.0 Å². The third-order valence-electron chi connectivity index (χ3n) is 6.59. The molecule has 6 heteroatoms. The number of para-hydroxylation sites is 1. The number of carboxylic acid groups (broad SMARTS) is 1. The Morgan fingerprint density at radius 2 is 1.88 bits per heavy atom. The summed E-state index contributed by atoms with van der Waals surface area (Å²) >= 11 is 0. The average molecular weight is 437 g/mol. The number of ether oxygens (including phenoxy) is 1. The van der Waals surface area contributed by atoms with Gasteiger partial charge >= 0.3 is 5.97 Å². The minimum absolute atomic E-state index is 0.0196. The van der Waals surface area contributed by atoms with Crippen LogP contribution in [0.5, 0.6) is 5.75 Å². The van der Waals surface area contributed by atoms with Gasteiger partial charge in [0.25, 0.3) is 0 Å². The summed E-state index contributed by atoms with van der Waals surface area (Å²) in [6.07, 6.45) is 6.07. The lowest BCUT2D eigenvalue weighted by atomic mass is 9.86. The summed E-state index contributed by atoms with van der Waals surface area (Å²) in [6, 6.07) is 14.5. The Morgan fingerprint density at radius 3 is 2.62 bits per heavy atom. The van der Waals surface area contributed by atoms with Crippen molar-refractivity contribution in [3.8, 4) is 5.75 Å². The molecule has 0 bridgehead atoms. The summed E-state index contributed by atoms with van der Waals surface area (Å²) < 4.78 is 5.98. The number of rotatable bonds is 9. The Bertz CT molecular complexity index is 925. The maximum Gasteiger partial charge on any atom is 0.323 e. The van der Waals surface area contributed by atoms with Crippen LogP contribution in [0.2, 0.25) is 0 Å². The minimum Gasteiger partial charge on any atom is -0.494 e. The average Bonchev–Trinajstić information content (AvgIpc) is 2.82. The number of Topliss-reactive ketones (excluding diaryl/α,β-unsaturated/α-hetero) is 1. The van der Waals surface area contributed by atoms with Crippen LogP contribution in [0, 0.1) is 5.92 Å². The van der Waals surface area contributed by atoms with Gasteiger partial charge in [-0.15, -0.1) is 0 Å². The number of hydrogen-bond donors (Lipinski definition) is 2. The number of carbonyl (C=O) groups excluding carboxylic acids is 1. The number of nitrogens with one attached hydrogen (secondary N) is 1. The fourth-order valence-corrected chi connectivity index (χ4v) is 4.89. The van der Waals surface area contributed by atoms with Gasteiger partial charge in [0.05, 0.1) is 12.6 Å². The lowest BCUT2D eigenvalue weighted by molar-refractivity contribution is -0.135. The van der Waals surface area contributed by atoms with Crippen LogP contribution in [0.15, 0.2) is 48.5 Å².